The van der Waals surface area contributed by atoms with E-state index in [-0.39, 0.29) is 19.8 Å². The highest BCUT2D eigenvalue weighted by Gasteiger charge is 2.08. The van der Waals surface area contributed by atoms with Crippen molar-refractivity contribution in [2.45, 2.75) is 0 Å². The van der Waals surface area contributed by atoms with Gasteiger partial charge in [0.15, 0.2) is 0 Å². The highest BCUT2D eigenvalue weighted by Crippen LogP contribution is 2.03. The van der Waals surface area contributed by atoms with Gasteiger partial charge in [-0.05, 0) is 24.6 Å². The molecule has 0 aliphatic rings. The van der Waals surface area contributed by atoms with E-state index in [1.54, 1.807) is 18.2 Å². The molecule has 90 valence electrons. The van der Waals surface area contributed by atoms with Gasteiger partial charge in [0.05, 0.1) is 6.61 Å². The molecular formula is C12H13NO4. The van der Waals surface area contributed by atoms with Gasteiger partial charge >= 0.3 is 5.97 Å². The lowest BCUT2D eigenvalue weighted by molar-refractivity contribution is -0.143. The van der Waals surface area contributed by atoms with E-state index in [0.717, 1.165) is 0 Å². The van der Waals surface area contributed by atoms with Gasteiger partial charge in [-0.1, -0.05) is 12.1 Å². The Kier molecular flexibility index (Phi) is 5.16. The number of carbonyl (C=O) groups is 2. The molecule has 17 heavy (non-hydrogen) atoms. The van der Waals surface area contributed by atoms with E-state index in [2.05, 4.69) is 10.1 Å². The summed E-state index contributed by atoms with van der Waals surface area (Å²) in [5.41, 5.74) is 0.848. The van der Waals surface area contributed by atoms with Crippen LogP contribution in [0, 0.1) is 6.92 Å². The predicted molar refractivity (Wildman–Crippen MR) is 60.2 cm³/mol. The van der Waals surface area contributed by atoms with Gasteiger partial charge in [-0.2, -0.15) is 0 Å². The number of hydrogen-bond acceptors (Lipinski definition) is 4. The fourth-order valence-electron chi connectivity index (χ4n) is 1.14. The Morgan fingerprint density at radius 1 is 1.41 bits per heavy atom. The van der Waals surface area contributed by atoms with Crippen LogP contribution < -0.4 is 5.32 Å². The lowest BCUT2D eigenvalue weighted by atomic mass is 10.1. The van der Waals surface area contributed by atoms with E-state index in [1.807, 2.05) is 0 Å². The molecule has 0 spiro atoms. The summed E-state index contributed by atoms with van der Waals surface area (Å²) in [4.78, 5) is 22.6. The van der Waals surface area contributed by atoms with E-state index in [0.29, 0.717) is 11.1 Å². The second-order valence-corrected chi connectivity index (χ2v) is 3.25. The zero-order valence-corrected chi connectivity index (χ0v) is 9.18. The number of amides is 1. The van der Waals surface area contributed by atoms with E-state index in [9.17, 15) is 9.59 Å². The van der Waals surface area contributed by atoms with Gasteiger partial charge in [0.1, 0.15) is 13.2 Å². The summed E-state index contributed by atoms with van der Waals surface area (Å²) in [6.07, 6.45) is 0. The number of hydrogen-bond donors (Lipinski definition) is 2. The van der Waals surface area contributed by atoms with Crippen LogP contribution in [0.4, 0.5) is 0 Å². The third-order valence-electron chi connectivity index (χ3n) is 1.90. The quantitative estimate of drug-likeness (QED) is 0.705. The number of carbonyl (C=O) groups excluding carboxylic acids is 2. The second kappa shape index (κ2) is 6.65. The molecule has 0 heterocycles. The molecule has 0 aromatic heterocycles. The molecule has 5 heteroatoms. The number of benzene rings is 1. The van der Waals surface area contributed by atoms with Crippen LogP contribution in [0.2, 0.25) is 0 Å². The number of aliphatic hydroxyl groups is 1. The molecule has 0 fully saturated rings. The summed E-state index contributed by atoms with van der Waals surface area (Å²) >= 11 is 0. The van der Waals surface area contributed by atoms with Crippen molar-refractivity contribution in [2.75, 3.05) is 19.8 Å². The zero-order valence-electron chi connectivity index (χ0n) is 9.18. The molecule has 2 radical (unpaired) electrons. The molecule has 1 aromatic rings. The summed E-state index contributed by atoms with van der Waals surface area (Å²) in [6, 6.07) is 6.40. The Labute approximate surface area is 99.4 Å². The monoisotopic (exact) mass is 235 g/mol. The molecule has 2 N–H and O–H groups in total. The second-order valence-electron chi connectivity index (χ2n) is 3.25. The molecular weight excluding hydrogens is 222 g/mol. The Morgan fingerprint density at radius 2 is 2.18 bits per heavy atom. The number of aliphatic hydroxyl groups excluding tert-OH is 1. The fraction of sp³-hybridized carbons (Fsp3) is 0.250. The first-order valence-electron chi connectivity index (χ1n) is 5.03. The van der Waals surface area contributed by atoms with Crippen molar-refractivity contribution in [1.82, 2.24) is 5.32 Å². The van der Waals surface area contributed by atoms with Crippen molar-refractivity contribution in [3.63, 3.8) is 0 Å². The normalized spacial score (nSPS) is 9.76. The molecule has 5 nitrogen and oxygen atoms in total. The molecule has 0 bridgehead atoms. The Hall–Kier alpha value is -1.88. The maximum Gasteiger partial charge on any atom is 0.325 e. The van der Waals surface area contributed by atoms with Gasteiger partial charge < -0.3 is 15.2 Å². The molecule has 1 rings (SSSR count). The summed E-state index contributed by atoms with van der Waals surface area (Å²) in [5, 5.41) is 10.8. The van der Waals surface area contributed by atoms with Crippen molar-refractivity contribution in [1.29, 1.82) is 0 Å². The number of esters is 1. The molecule has 0 aliphatic heterocycles. The standard InChI is InChI=1S/C12H13NO4/c1-9-3-2-4-10(7-9)12(16)13-8-11(15)17-6-5-14/h1-4,7,14H,5-6,8H2,(H,13,16). The molecule has 0 saturated heterocycles. The average Bonchev–Trinajstić information content (AvgIpc) is 2.33. The minimum absolute atomic E-state index is 0.0764. The molecule has 1 aromatic carbocycles. The minimum Gasteiger partial charge on any atom is -0.462 e. The van der Waals surface area contributed by atoms with Crippen molar-refractivity contribution in [3.8, 4) is 0 Å². The highest BCUT2D eigenvalue weighted by molar-refractivity contribution is 5.96. The van der Waals surface area contributed by atoms with Crippen LogP contribution in [-0.2, 0) is 9.53 Å². The SMILES string of the molecule is [CH]c1cccc(C(=O)NCC(=O)OCCO)c1. The van der Waals surface area contributed by atoms with Crippen LogP contribution >= 0.6 is 0 Å². The van der Waals surface area contributed by atoms with Crippen LogP contribution in [0.15, 0.2) is 24.3 Å². The van der Waals surface area contributed by atoms with Crippen LogP contribution in [0.5, 0.6) is 0 Å². The Morgan fingerprint density at radius 3 is 2.82 bits per heavy atom. The summed E-state index contributed by atoms with van der Waals surface area (Å²) in [6.45, 7) is 4.96. The van der Waals surface area contributed by atoms with Gasteiger partial charge in [-0.15, -0.1) is 0 Å². The first-order valence-corrected chi connectivity index (χ1v) is 5.03. The number of ether oxygens (including phenoxy) is 1. The average molecular weight is 235 g/mol. The lowest BCUT2D eigenvalue weighted by Gasteiger charge is -2.05. The molecule has 1 amide bonds. The van der Waals surface area contributed by atoms with Crippen molar-refractivity contribution in [2.24, 2.45) is 0 Å². The van der Waals surface area contributed by atoms with E-state index in [1.165, 1.54) is 6.07 Å². The van der Waals surface area contributed by atoms with Gasteiger partial charge in [-0.25, -0.2) is 0 Å². The Balaban J connectivity index is 2.42. The third kappa shape index (κ3) is 4.65. The number of rotatable bonds is 5. The topological polar surface area (TPSA) is 75.6 Å². The third-order valence-corrected chi connectivity index (χ3v) is 1.90. The van der Waals surface area contributed by atoms with Crippen LogP contribution in [-0.4, -0.2) is 36.7 Å². The summed E-state index contributed by atoms with van der Waals surface area (Å²) < 4.78 is 4.57. The van der Waals surface area contributed by atoms with Crippen molar-refractivity contribution >= 4 is 11.9 Å². The maximum atomic E-state index is 11.6. The van der Waals surface area contributed by atoms with Gasteiger partial charge in [0, 0.05) is 5.56 Å². The molecule has 0 saturated carbocycles. The van der Waals surface area contributed by atoms with Crippen LogP contribution in [0.3, 0.4) is 0 Å². The summed E-state index contributed by atoms with van der Waals surface area (Å²) in [5.74, 6) is -1.01. The van der Waals surface area contributed by atoms with E-state index in [4.69, 9.17) is 12.0 Å². The number of nitrogens with one attached hydrogen (secondary N) is 1. The molecule has 0 aliphatic carbocycles. The maximum absolute atomic E-state index is 11.6. The molecule has 0 unspecified atom stereocenters. The lowest BCUT2D eigenvalue weighted by Crippen LogP contribution is -2.31. The first-order chi connectivity index (χ1) is 8.13. The molecule has 0 atom stereocenters. The van der Waals surface area contributed by atoms with E-state index >= 15 is 0 Å². The fourth-order valence-corrected chi connectivity index (χ4v) is 1.14. The van der Waals surface area contributed by atoms with Crippen molar-refractivity contribution in [3.05, 3.63) is 42.3 Å². The van der Waals surface area contributed by atoms with Gasteiger partial charge in [0.25, 0.3) is 5.91 Å². The van der Waals surface area contributed by atoms with Crippen LogP contribution in [0.25, 0.3) is 0 Å². The van der Waals surface area contributed by atoms with Gasteiger partial charge in [0.2, 0.25) is 0 Å². The van der Waals surface area contributed by atoms with Gasteiger partial charge in [-0.3, -0.25) is 9.59 Å². The zero-order chi connectivity index (χ0) is 12.7. The summed E-state index contributed by atoms with van der Waals surface area (Å²) in [7, 11) is 0. The van der Waals surface area contributed by atoms with Crippen LogP contribution in [0.1, 0.15) is 15.9 Å². The van der Waals surface area contributed by atoms with Crippen molar-refractivity contribution < 1.29 is 19.4 Å². The largest absolute Gasteiger partial charge is 0.462 e. The Bertz CT molecular complexity index is 403. The smallest absolute Gasteiger partial charge is 0.325 e. The van der Waals surface area contributed by atoms with E-state index < -0.39 is 11.9 Å². The minimum atomic E-state index is -0.601. The highest BCUT2D eigenvalue weighted by atomic mass is 16.5. The first kappa shape index (κ1) is 13.2. The predicted octanol–water partition coefficient (Wildman–Crippen LogP) is 0.0111.